The van der Waals surface area contributed by atoms with E-state index in [2.05, 4.69) is 10.2 Å². The molecule has 1 fully saturated rings. The zero-order chi connectivity index (χ0) is 29.1. The van der Waals surface area contributed by atoms with E-state index in [4.69, 9.17) is 32.7 Å². The van der Waals surface area contributed by atoms with Gasteiger partial charge >= 0.3 is 5.91 Å². The Morgan fingerprint density at radius 1 is 1.05 bits per heavy atom. The van der Waals surface area contributed by atoms with Gasteiger partial charge in [0.25, 0.3) is 5.78 Å². The van der Waals surface area contributed by atoms with Gasteiger partial charge in [-0.05, 0) is 66.6 Å². The molecule has 0 radical (unpaired) electrons. The molecule has 12 heteroatoms. The molecule has 210 valence electrons. The Balaban J connectivity index is 1.54. The zero-order valence-electron chi connectivity index (χ0n) is 21.8. The van der Waals surface area contributed by atoms with Gasteiger partial charge in [0.15, 0.2) is 4.34 Å². The van der Waals surface area contributed by atoms with Crippen LogP contribution >= 0.6 is 46.3 Å². The Labute approximate surface area is 254 Å². The van der Waals surface area contributed by atoms with Crippen LogP contribution in [0.1, 0.15) is 29.7 Å². The number of ketones is 1. The molecular weight excluding hydrogens is 605 g/mol. The van der Waals surface area contributed by atoms with Crippen molar-refractivity contribution in [1.29, 1.82) is 0 Å². The van der Waals surface area contributed by atoms with Crippen molar-refractivity contribution in [3.8, 4) is 11.5 Å². The van der Waals surface area contributed by atoms with Crippen LogP contribution in [0.3, 0.4) is 0 Å². The Kier molecular flexibility index (Phi) is 8.84. The number of aliphatic hydroxyl groups is 1. The smallest absolute Gasteiger partial charge is 0.301 e. The first kappa shape index (κ1) is 28.9. The highest BCUT2D eigenvalue weighted by molar-refractivity contribution is 8.00. The summed E-state index contributed by atoms with van der Waals surface area (Å²) in [5.74, 6) is -0.310. The lowest BCUT2D eigenvalue weighted by molar-refractivity contribution is -0.132. The van der Waals surface area contributed by atoms with Gasteiger partial charge in [-0.3, -0.25) is 14.5 Å². The fourth-order valence-electron chi connectivity index (χ4n) is 4.33. The number of carbonyl (C=O) groups excluding carboxylic acids is 2. The minimum atomic E-state index is -0.964. The quantitative estimate of drug-likeness (QED) is 0.0685. The molecular formula is C29H23Cl2N3O5S2. The average molecular weight is 629 g/mol. The van der Waals surface area contributed by atoms with E-state index >= 15 is 0 Å². The number of hydrogen-bond donors (Lipinski definition) is 1. The largest absolute Gasteiger partial charge is 0.507 e. The molecule has 0 saturated carbocycles. The molecule has 1 aromatic heterocycles. The summed E-state index contributed by atoms with van der Waals surface area (Å²) in [6.07, 6.45) is 0. The van der Waals surface area contributed by atoms with Gasteiger partial charge in [-0.25, -0.2) is 0 Å². The maximum Gasteiger partial charge on any atom is 0.301 e. The summed E-state index contributed by atoms with van der Waals surface area (Å²) in [6.45, 7) is 2.30. The van der Waals surface area contributed by atoms with Crippen molar-refractivity contribution in [2.45, 2.75) is 23.1 Å². The number of benzene rings is 3. The molecule has 0 aliphatic carbocycles. The van der Waals surface area contributed by atoms with E-state index in [9.17, 15) is 14.7 Å². The number of aromatic nitrogens is 2. The molecule has 0 bridgehead atoms. The maximum absolute atomic E-state index is 13.5. The van der Waals surface area contributed by atoms with Crippen LogP contribution in [0.4, 0.5) is 5.13 Å². The molecule has 4 aromatic rings. The van der Waals surface area contributed by atoms with Crippen molar-refractivity contribution in [1.82, 2.24) is 10.2 Å². The predicted molar refractivity (Wildman–Crippen MR) is 161 cm³/mol. The van der Waals surface area contributed by atoms with Gasteiger partial charge in [-0.15, -0.1) is 10.2 Å². The summed E-state index contributed by atoms with van der Waals surface area (Å²) in [7, 11) is 1.53. The molecule has 5 rings (SSSR count). The van der Waals surface area contributed by atoms with Crippen LogP contribution in [0.5, 0.6) is 11.5 Å². The number of hydrogen-bond acceptors (Lipinski definition) is 9. The zero-order valence-corrected chi connectivity index (χ0v) is 25.0. The number of Topliss-reactive ketones (excluding diaryl/α,β-unsaturated/α-hetero) is 1. The molecule has 0 spiro atoms. The Morgan fingerprint density at radius 3 is 2.54 bits per heavy atom. The number of halogens is 2. The normalized spacial score (nSPS) is 16.3. The van der Waals surface area contributed by atoms with Crippen LogP contribution in [0.15, 0.2) is 76.6 Å². The van der Waals surface area contributed by atoms with E-state index in [1.807, 2.05) is 13.0 Å². The third-order valence-corrected chi connectivity index (χ3v) is 8.95. The van der Waals surface area contributed by atoms with E-state index in [-0.39, 0.29) is 16.5 Å². The highest BCUT2D eigenvalue weighted by atomic mass is 35.5. The monoisotopic (exact) mass is 627 g/mol. The van der Waals surface area contributed by atoms with Crippen molar-refractivity contribution in [3.63, 3.8) is 0 Å². The van der Waals surface area contributed by atoms with Crippen molar-refractivity contribution >= 4 is 68.9 Å². The molecule has 1 aliphatic rings. The second kappa shape index (κ2) is 12.5. The highest BCUT2D eigenvalue weighted by Gasteiger charge is 2.48. The number of aliphatic hydroxyl groups excluding tert-OH is 1. The number of amides is 1. The molecule has 1 unspecified atom stereocenters. The summed E-state index contributed by atoms with van der Waals surface area (Å²) in [5, 5.41) is 21.1. The average Bonchev–Trinajstić information content (AvgIpc) is 3.54. The molecule has 1 saturated heterocycles. The minimum Gasteiger partial charge on any atom is -0.507 e. The summed E-state index contributed by atoms with van der Waals surface area (Å²) in [4.78, 5) is 28.2. The van der Waals surface area contributed by atoms with Gasteiger partial charge < -0.3 is 14.6 Å². The first-order valence-electron chi connectivity index (χ1n) is 12.4. The standard InChI is InChI=1S/C29H23Cl2N3O5S2/c1-3-39-21-6-4-5-17(13-21)24-23(25(35)16-8-11-20(38-2)12-9-16)26(36)27(37)34(24)28-32-33-29(41-28)40-15-18-7-10-19(30)14-22(18)31/h4-14,24,35H,3,15H2,1-2H3/b25-23+. The van der Waals surface area contributed by atoms with Crippen LogP contribution in [0, 0.1) is 0 Å². The number of nitrogens with zero attached hydrogens (tertiary/aromatic N) is 3. The third kappa shape index (κ3) is 6.06. The van der Waals surface area contributed by atoms with E-state index in [0.29, 0.717) is 49.4 Å². The molecule has 3 aromatic carbocycles. The first-order valence-corrected chi connectivity index (χ1v) is 14.9. The SMILES string of the molecule is CCOc1cccc(C2/C(=C(\O)c3ccc(OC)cc3)C(=O)C(=O)N2c2nnc(SCc3ccc(Cl)cc3Cl)s2)c1. The van der Waals surface area contributed by atoms with Crippen molar-refractivity contribution < 1.29 is 24.2 Å². The lowest BCUT2D eigenvalue weighted by Gasteiger charge is -2.23. The fourth-order valence-corrected chi connectivity index (χ4v) is 6.75. The fraction of sp³-hybridized carbons (Fsp3) is 0.172. The summed E-state index contributed by atoms with van der Waals surface area (Å²) >= 11 is 14.9. The van der Waals surface area contributed by atoms with Crippen LogP contribution < -0.4 is 14.4 Å². The molecule has 8 nitrogen and oxygen atoms in total. The second-order valence-corrected chi connectivity index (χ2v) is 11.8. The van der Waals surface area contributed by atoms with Crippen LogP contribution in [-0.4, -0.2) is 40.7 Å². The lowest BCUT2D eigenvalue weighted by atomic mass is 9.95. The number of methoxy groups -OCH3 is 1. The van der Waals surface area contributed by atoms with E-state index in [0.717, 1.165) is 16.9 Å². The molecule has 1 N–H and O–H groups in total. The number of rotatable bonds is 9. The van der Waals surface area contributed by atoms with E-state index < -0.39 is 17.7 Å². The van der Waals surface area contributed by atoms with Gasteiger partial charge in [-0.2, -0.15) is 0 Å². The number of ether oxygens (including phenoxy) is 2. The van der Waals surface area contributed by atoms with Gasteiger partial charge in [0.05, 0.1) is 25.3 Å². The summed E-state index contributed by atoms with van der Waals surface area (Å²) in [6, 6.07) is 17.9. The predicted octanol–water partition coefficient (Wildman–Crippen LogP) is 7.17. The summed E-state index contributed by atoms with van der Waals surface area (Å²) < 4.78 is 11.5. The van der Waals surface area contributed by atoms with Crippen LogP contribution in [0.25, 0.3) is 5.76 Å². The number of thioether (sulfide) groups is 1. The van der Waals surface area contributed by atoms with Crippen LogP contribution in [-0.2, 0) is 15.3 Å². The Hall–Kier alpha value is -3.57. The molecule has 1 aliphatic heterocycles. The van der Waals surface area contributed by atoms with Gasteiger partial charge in [0.2, 0.25) is 5.13 Å². The number of carbonyl (C=O) groups is 2. The summed E-state index contributed by atoms with van der Waals surface area (Å²) in [5.41, 5.74) is 1.74. The topological polar surface area (TPSA) is 102 Å². The lowest BCUT2D eigenvalue weighted by Crippen LogP contribution is -2.29. The molecule has 2 heterocycles. The minimum absolute atomic E-state index is 0.0637. The molecule has 1 atom stereocenters. The Bertz CT molecular complexity index is 1640. The highest BCUT2D eigenvalue weighted by Crippen LogP contribution is 2.45. The maximum atomic E-state index is 13.5. The van der Waals surface area contributed by atoms with Crippen molar-refractivity contribution in [2.75, 3.05) is 18.6 Å². The first-order chi connectivity index (χ1) is 19.8. The van der Waals surface area contributed by atoms with Gasteiger partial charge in [0.1, 0.15) is 17.3 Å². The van der Waals surface area contributed by atoms with Gasteiger partial charge in [0, 0.05) is 21.4 Å². The van der Waals surface area contributed by atoms with E-state index in [1.165, 1.54) is 23.8 Å². The molecule has 1 amide bonds. The third-order valence-electron chi connectivity index (χ3n) is 6.26. The van der Waals surface area contributed by atoms with Crippen LogP contribution in [0.2, 0.25) is 10.0 Å². The Morgan fingerprint density at radius 2 is 1.83 bits per heavy atom. The molecule has 41 heavy (non-hydrogen) atoms. The number of anilines is 1. The van der Waals surface area contributed by atoms with Crippen molar-refractivity contribution in [3.05, 3.63) is 99.0 Å². The van der Waals surface area contributed by atoms with Crippen molar-refractivity contribution in [2.24, 2.45) is 0 Å². The van der Waals surface area contributed by atoms with Gasteiger partial charge in [-0.1, -0.05) is 64.5 Å². The van der Waals surface area contributed by atoms with E-state index in [1.54, 1.807) is 60.7 Å². The second-order valence-electron chi connectivity index (χ2n) is 8.78.